The lowest BCUT2D eigenvalue weighted by atomic mass is 9.94. The molecule has 2 aliphatic heterocycles. The van der Waals surface area contributed by atoms with Gasteiger partial charge in [0.05, 0.1) is 29.4 Å². The second kappa shape index (κ2) is 6.79. The number of Topliss-reactive ketones (excluding diaryl/α,β-unsaturated/α-hetero) is 1. The van der Waals surface area contributed by atoms with Crippen molar-refractivity contribution in [2.24, 2.45) is 0 Å². The molecule has 1 amide bonds. The van der Waals surface area contributed by atoms with Crippen molar-refractivity contribution < 1.29 is 27.5 Å². The molecule has 1 aromatic heterocycles. The fourth-order valence-corrected chi connectivity index (χ4v) is 5.72. The van der Waals surface area contributed by atoms with E-state index in [1.165, 1.54) is 23.3 Å². The number of carbonyl (C=O) groups excluding carboxylic acids is 2. The smallest absolute Gasteiger partial charge is 0.290 e. The van der Waals surface area contributed by atoms with Gasteiger partial charge in [-0.15, -0.1) is 0 Å². The first-order chi connectivity index (χ1) is 13.3. The summed E-state index contributed by atoms with van der Waals surface area (Å²) in [5.74, 6) is -2.47. The van der Waals surface area contributed by atoms with Gasteiger partial charge in [-0.3, -0.25) is 9.59 Å². The highest BCUT2D eigenvalue weighted by Gasteiger charge is 2.49. The van der Waals surface area contributed by atoms with Gasteiger partial charge in [0.15, 0.2) is 21.4 Å². The van der Waals surface area contributed by atoms with Gasteiger partial charge in [-0.25, -0.2) is 8.42 Å². The molecule has 2 aromatic rings. The zero-order chi connectivity index (χ0) is 20.1. The second-order valence-electron chi connectivity index (χ2n) is 6.76. The van der Waals surface area contributed by atoms with Crippen LogP contribution in [0.4, 0.5) is 0 Å². The highest BCUT2D eigenvalue weighted by Crippen LogP contribution is 2.44. The third kappa shape index (κ3) is 3.02. The van der Waals surface area contributed by atoms with Gasteiger partial charge >= 0.3 is 0 Å². The second-order valence-corrected chi connectivity index (χ2v) is 9.40. The van der Waals surface area contributed by atoms with E-state index in [2.05, 4.69) is 0 Å². The molecule has 1 aromatic carbocycles. The van der Waals surface area contributed by atoms with Gasteiger partial charge < -0.3 is 14.4 Å². The molecule has 3 heterocycles. The molecule has 9 heteroatoms. The maximum absolute atomic E-state index is 13.0. The monoisotopic (exact) mass is 421 g/mol. The molecule has 7 nitrogen and oxygen atoms in total. The van der Waals surface area contributed by atoms with Crippen LogP contribution in [0.15, 0.2) is 58.4 Å². The topological polar surface area (TPSA) is 105 Å². The summed E-state index contributed by atoms with van der Waals surface area (Å²) < 4.78 is 29.1. The van der Waals surface area contributed by atoms with Crippen molar-refractivity contribution in [3.63, 3.8) is 0 Å². The quantitative estimate of drug-likeness (QED) is 0.761. The van der Waals surface area contributed by atoms with Crippen LogP contribution >= 0.6 is 11.6 Å². The van der Waals surface area contributed by atoms with E-state index in [1.54, 1.807) is 24.3 Å². The number of benzene rings is 1. The van der Waals surface area contributed by atoms with Crippen molar-refractivity contribution in [1.82, 2.24) is 4.90 Å². The van der Waals surface area contributed by atoms with Crippen molar-refractivity contribution in [2.75, 3.05) is 11.5 Å². The molecule has 0 saturated carbocycles. The van der Waals surface area contributed by atoms with Crippen LogP contribution in [0.25, 0.3) is 0 Å². The number of hydrogen-bond acceptors (Lipinski definition) is 6. The normalized spacial score (nSPS) is 24.2. The first-order valence-electron chi connectivity index (χ1n) is 8.59. The number of aliphatic hydroxyl groups is 1. The standard InChI is InChI=1S/C19H16ClNO6S/c20-13-5-2-1-4-12(13)16-15(17(22)14-6-3-8-27-14)18(23)19(24)21(16)11-7-9-28(25,26)10-11/h1-6,8,11,16,23H,7,9-10H2. The predicted molar refractivity (Wildman–Crippen MR) is 101 cm³/mol. The molecule has 0 radical (unpaired) electrons. The van der Waals surface area contributed by atoms with Crippen molar-refractivity contribution >= 4 is 33.1 Å². The summed E-state index contributed by atoms with van der Waals surface area (Å²) in [6, 6.07) is 7.93. The Bertz CT molecular complexity index is 1090. The number of amides is 1. The number of nitrogens with zero attached hydrogens (tertiary/aromatic N) is 1. The fraction of sp³-hybridized carbons (Fsp3) is 0.263. The zero-order valence-corrected chi connectivity index (χ0v) is 16.1. The molecule has 146 valence electrons. The SMILES string of the molecule is O=C(C1=C(O)C(=O)N(C2CCS(=O)(=O)C2)C1c1ccccc1Cl)c1ccco1. The van der Waals surface area contributed by atoms with Crippen molar-refractivity contribution in [3.8, 4) is 0 Å². The molecule has 2 atom stereocenters. The molecule has 0 bridgehead atoms. The van der Waals surface area contributed by atoms with Gasteiger partial charge in [-0.05, 0) is 30.2 Å². The highest BCUT2D eigenvalue weighted by atomic mass is 35.5. The van der Waals surface area contributed by atoms with Crippen molar-refractivity contribution in [1.29, 1.82) is 0 Å². The van der Waals surface area contributed by atoms with Gasteiger partial charge in [0.1, 0.15) is 0 Å². The molecule has 0 aliphatic carbocycles. The Morgan fingerprint density at radius 2 is 1.96 bits per heavy atom. The summed E-state index contributed by atoms with van der Waals surface area (Å²) in [6.45, 7) is 0. The van der Waals surface area contributed by atoms with Crippen molar-refractivity contribution in [2.45, 2.75) is 18.5 Å². The summed E-state index contributed by atoms with van der Waals surface area (Å²) in [4.78, 5) is 27.1. The van der Waals surface area contributed by atoms with Crippen LogP contribution in [0.3, 0.4) is 0 Å². The van der Waals surface area contributed by atoms with Crippen LogP contribution in [-0.2, 0) is 14.6 Å². The van der Waals surface area contributed by atoms with E-state index in [0.717, 1.165) is 0 Å². The average Bonchev–Trinajstić information content (AvgIpc) is 3.35. The Morgan fingerprint density at radius 3 is 2.57 bits per heavy atom. The lowest BCUT2D eigenvalue weighted by molar-refractivity contribution is -0.131. The molecule has 28 heavy (non-hydrogen) atoms. The molecule has 1 saturated heterocycles. The summed E-state index contributed by atoms with van der Waals surface area (Å²) in [6.07, 6.45) is 1.54. The largest absolute Gasteiger partial charge is 0.503 e. The zero-order valence-electron chi connectivity index (χ0n) is 14.5. The van der Waals surface area contributed by atoms with Crippen molar-refractivity contribution in [3.05, 3.63) is 70.3 Å². The molecular weight excluding hydrogens is 406 g/mol. The number of aliphatic hydroxyl groups excluding tert-OH is 1. The number of ketones is 1. The fourth-order valence-electron chi connectivity index (χ4n) is 3.77. The maximum Gasteiger partial charge on any atom is 0.290 e. The van der Waals surface area contributed by atoms with E-state index < -0.39 is 39.4 Å². The molecule has 0 spiro atoms. The van der Waals surface area contributed by atoms with Crippen LogP contribution in [0.2, 0.25) is 5.02 Å². The van der Waals surface area contributed by atoms with Crippen LogP contribution in [0.5, 0.6) is 0 Å². The Hall–Kier alpha value is -2.58. The van der Waals surface area contributed by atoms with E-state index in [0.29, 0.717) is 10.6 Å². The minimum Gasteiger partial charge on any atom is -0.503 e. The number of hydrogen-bond donors (Lipinski definition) is 1. The Labute approximate surface area is 166 Å². The van der Waals surface area contributed by atoms with E-state index in [1.807, 2.05) is 0 Å². The number of carbonyl (C=O) groups is 2. The van der Waals surface area contributed by atoms with Crippen LogP contribution in [0, 0.1) is 0 Å². The first-order valence-corrected chi connectivity index (χ1v) is 10.8. The highest BCUT2D eigenvalue weighted by molar-refractivity contribution is 7.91. The maximum atomic E-state index is 13.0. The van der Waals surface area contributed by atoms with Crippen LogP contribution in [-0.4, -0.2) is 47.7 Å². The van der Waals surface area contributed by atoms with Gasteiger partial charge in [-0.1, -0.05) is 29.8 Å². The average molecular weight is 422 g/mol. The summed E-state index contributed by atoms with van der Waals surface area (Å²) in [5.41, 5.74) is 0.262. The van der Waals surface area contributed by atoms with Gasteiger partial charge in [0.2, 0.25) is 5.78 Å². The van der Waals surface area contributed by atoms with E-state index in [9.17, 15) is 23.1 Å². The number of rotatable bonds is 4. The number of sulfone groups is 1. The van der Waals surface area contributed by atoms with E-state index >= 15 is 0 Å². The summed E-state index contributed by atoms with van der Waals surface area (Å²) in [7, 11) is -3.30. The number of furan rings is 1. The van der Waals surface area contributed by atoms with E-state index in [4.69, 9.17) is 16.0 Å². The molecular formula is C19H16ClNO6S. The number of halogens is 1. The Morgan fingerprint density at radius 1 is 1.21 bits per heavy atom. The van der Waals surface area contributed by atoms with Crippen LogP contribution < -0.4 is 0 Å². The minimum atomic E-state index is -3.30. The first kappa shape index (κ1) is 18.8. The molecule has 1 fully saturated rings. The lowest BCUT2D eigenvalue weighted by Crippen LogP contribution is -2.41. The van der Waals surface area contributed by atoms with Gasteiger partial charge in [0.25, 0.3) is 5.91 Å². The van der Waals surface area contributed by atoms with E-state index in [-0.39, 0.29) is 29.3 Å². The molecule has 2 unspecified atom stereocenters. The minimum absolute atomic E-state index is 0.0349. The Kier molecular flexibility index (Phi) is 4.55. The third-order valence-electron chi connectivity index (χ3n) is 5.04. The lowest BCUT2D eigenvalue weighted by Gasteiger charge is -2.31. The molecule has 4 rings (SSSR count). The summed E-state index contributed by atoms with van der Waals surface area (Å²) >= 11 is 6.33. The van der Waals surface area contributed by atoms with Gasteiger partial charge in [-0.2, -0.15) is 0 Å². The van der Waals surface area contributed by atoms with Crippen LogP contribution in [0.1, 0.15) is 28.6 Å². The summed E-state index contributed by atoms with van der Waals surface area (Å²) in [5, 5.41) is 10.8. The third-order valence-corrected chi connectivity index (χ3v) is 7.13. The Balaban J connectivity index is 1.85. The molecule has 2 aliphatic rings. The van der Waals surface area contributed by atoms with Gasteiger partial charge in [0, 0.05) is 11.1 Å². The predicted octanol–water partition coefficient (Wildman–Crippen LogP) is 2.70. The molecule has 1 N–H and O–H groups in total.